The topological polar surface area (TPSA) is 73.6 Å². The molecule has 1 fully saturated rings. The van der Waals surface area contributed by atoms with Crippen LogP contribution < -0.4 is 15.8 Å². The molecule has 1 aliphatic rings. The summed E-state index contributed by atoms with van der Waals surface area (Å²) in [4.78, 5) is 12.6. The third-order valence-electron chi connectivity index (χ3n) is 3.81. The van der Waals surface area contributed by atoms with Crippen molar-refractivity contribution >= 4 is 11.6 Å². The maximum Gasteiger partial charge on any atom is 0.232 e. The molecule has 116 valence electrons. The minimum atomic E-state index is -0.629. The smallest absolute Gasteiger partial charge is 0.232 e. The lowest BCUT2D eigenvalue weighted by atomic mass is 9.79. The maximum atomic E-state index is 13.3. The number of hydrogen-bond donors (Lipinski definition) is 2. The van der Waals surface area contributed by atoms with Crippen LogP contribution in [0.2, 0.25) is 0 Å². The van der Waals surface area contributed by atoms with Crippen molar-refractivity contribution in [2.24, 2.45) is 11.1 Å². The van der Waals surface area contributed by atoms with E-state index in [0.717, 1.165) is 0 Å². The third kappa shape index (κ3) is 3.51. The van der Waals surface area contributed by atoms with Crippen LogP contribution in [0.5, 0.6) is 5.75 Å². The molecule has 3 N–H and O–H groups in total. The minimum absolute atomic E-state index is 0.166. The first-order chi connectivity index (χ1) is 10.1. The van der Waals surface area contributed by atoms with Crippen LogP contribution in [0, 0.1) is 11.2 Å². The highest BCUT2D eigenvalue weighted by Crippen LogP contribution is 2.33. The molecule has 0 atom stereocenters. The van der Waals surface area contributed by atoms with Crippen molar-refractivity contribution in [1.82, 2.24) is 0 Å². The Kier molecular flexibility index (Phi) is 5.14. The lowest BCUT2D eigenvalue weighted by molar-refractivity contribution is -0.130. The Labute approximate surface area is 123 Å². The highest BCUT2D eigenvalue weighted by Gasteiger charge is 2.39. The molecule has 1 aromatic carbocycles. The lowest BCUT2D eigenvalue weighted by Crippen LogP contribution is -2.46. The predicted molar refractivity (Wildman–Crippen MR) is 77.7 cm³/mol. The summed E-state index contributed by atoms with van der Waals surface area (Å²) >= 11 is 0. The van der Waals surface area contributed by atoms with Gasteiger partial charge in [0, 0.05) is 25.8 Å². The molecule has 0 aromatic heterocycles. The highest BCUT2D eigenvalue weighted by atomic mass is 19.1. The molecule has 5 nitrogen and oxygen atoms in total. The van der Waals surface area contributed by atoms with E-state index in [1.54, 1.807) is 6.92 Å². The Hall–Kier alpha value is -1.66. The van der Waals surface area contributed by atoms with E-state index in [4.69, 9.17) is 15.2 Å². The number of rotatable bonds is 5. The summed E-state index contributed by atoms with van der Waals surface area (Å²) in [6, 6.07) is 4.05. The molecule has 0 radical (unpaired) electrons. The number of carbonyl (C=O) groups is 1. The number of anilines is 1. The number of hydrogen-bond acceptors (Lipinski definition) is 4. The number of halogens is 1. The molecule has 0 bridgehead atoms. The monoisotopic (exact) mass is 296 g/mol. The van der Waals surface area contributed by atoms with Gasteiger partial charge in [0.25, 0.3) is 0 Å². The van der Waals surface area contributed by atoms with Crippen molar-refractivity contribution < 1.29 is 18.7 Å². The normalized spacial score (nSPS) is 17.3. The SMILES string of the molecule is CCOc1cc(F)ccc1NC(=O)C1(CN)CCOCC1. The molecule has 21 heavy (non-hydrogen) atoms. The van der Waals surface area contributed by atoms with Crippen LogP contribution in [0.4, 0.5) is 10.1 Å². The van der Waals surface area contributed by atoms with Crippen LogP contribution in [0.25, 0.3) is 0 Å². The second kappa shape index (κ2) is 6.87. The van der Waals surface area contributed by atoms with Gasteiger partial charge in [0.05, 0.1) is 17.7 Å². The zero-order valence-electron chi connectivity index (χ0n) is 12.2. The molecular weight excluding hydrogens is 275 g/mol. The van der Waals surface area contributed by atoms with Crippen LogP contribution in [-0.2, 0) is 9.53 Å². The largest absolute Gasteiger partial charge is 0.492 e. The van der Waals surface area contributed by atoms with Gasteiger partial charge in [0.2, 0.25) is 5.91 Å². The average Bonchev–Trinajstić information content (AvgIpc) is 2.51. The number of benzene rings is 1. The van der Waals surface area contributed by atoms with E-state index in [1.807, 2.05) is 0 Å². The fraction of sp³-hybridized carbons (Fsp3) is 0.533. The molecule has 1 heterocycles. The molecule has 6 heteroatoms. The van der Waals surface area contributed by atoms with Crippen molar-refractivity contribution in [2.45, 2.75) is 19.8 Å². The van der Waals surface area contributed by atoms with Gasteiger partial charge in [0.1, 0.15) is 11.6 Å². The summed E-state index contributed by atoms with van der Waals surface area (Å²) in [6.45, 7) is 3.49. The van der Waals surface area contributed by atoms with E-state index in [9.17, 15) is 9.18 Å². The Morgan fingerprint density at radius 2 is 2.19 bits per heavy atom. The Morgan fingerprint density at radius 1 is 1.48 bits per heavy atom. The van der Waals surface area contributed by atoms with Crippen LogP contribution in [-0.4, -0.2) is 32.3 Å². The molecule has 0 unspecified atom stereocenters. The fourth-order valence-electron chi connectivity index (χ4n) is 2.42. The minimum Gasteiger partial charge on any atom is -0.492 e. The van der Waals surface area contributed by atoms with Gasteiger partial charge in [-0.25, -0.2) is 4.39 Å². The summed E-state index contributed by atoms with van der Waals surface area (Å²) in [5, 5.41) is 2.82. The Bertz CT molecular complexity index is 502. The van der Waals surface area contributed by atoms with Gasteiger partial charge in [-0.3, -0.25) is 4.79 Å². The van der Waals surface area contributed by atoms with Crippen LogP contribution in [0.15, 0.2) is 18.2 Å². The summed E-state index contributed by atoms with van der Waals surface area (Å²) in [5.74, 6) is -0.248. The number of ether oxygens (including phenoxy) is 2. The zero-order chi connectivity index (χ0) is 15.3. The van der Waals surface area contributed by atoms with Crippen LogP contribution in [0.3, 0.4) is 0 Å². The summed E-state index contributed by atoms with van der Waals surface area (Å²) in [6.07, 6.45) is 1.17. The second-order valence-electron chi connectivity index (χ2n) is 5.12. The van der Waals surface area contributed by atoms with E-state index in [1.165, 1.54) is 18.2 Å². The standard InChI is InChI=1S/C15H21FN2O3/c1-2-21-13-9-11(16)3-4-12(13)18-14(19)15(10-17)5-7-20-8-6-15/h3-4,9H,2,5-8,10,17H2,1H3,(H,18,19). The number of nitrogens with one attached hydrogen (secondary N) is 1. The molecule has 0 aliphatic carbocycles. The molecule has 1 aliphatic heterocycles. The molecular formula is C15H21FN2O3. The Morgan fingerprint density at radius 3 is 2.81 bits per heavy atom. The van der Waals surface area contributed by atoms with Gasteiger partial charge in [0.15, 0.2) is 0 Å². The first kappa shape index (κ1) is 15.7. The summed E-state index contributed by atoms with van der Waals surface area (Å²) in [5.41, 5.74) is 5.64. The van der Waals surface area contributed by atoms with Gasteiger partial charge in [-0.15, -0.1) is 0 Å². The van der Waals surface area contributed by atoms with Crippen molar-refractivity contribution in [3.8, 4) is 5.75 Å². The summed E-state index contributed by atoms with van der Waals surface area (Å²) < 4.78 is 23.9. The number of nitrogens with two attached hydrogens (primary N) is 1. The second-order valence-corrected chi connectivity index (χ2v) is 5.12. The molecule has 0 saturated carbocycles. The zero-order valence-corrected chi connectivity index (χ0v) is 12.2. The Balaban J connectivity index is 2.18. The van der Waals surface area contributed by atoms with Gasteiger partial charge in [-0.2, -0.15) is 0 Å². The summed E-state index contributed by atoms with van der Waals surface area (Å²) in [7, 11) is 0. The van der Waals surface area contributed by atoms with E-state index in [0.29, 0.717) is 44.1 Å². The van der Waals surface area contributed by atoms with Gasteiger partial charge < -0.3 is 20.5 Å². The molecule has 2 rings (SSSR count). The molecule has 0 spiro atoms. The quantitative estimate of drug-likeness (QED) is 0.870. The molecule has 1 saturated heterocycles. The van der Waals surface area contributed by atoms with Gasteiger partial charge >= 0.3 is 0 Å². The molecule has 1 aromatic rings. The number of amides is 1. The van der Waals surface area contributed by atoms with E-state index < -0.39 is 11.2 Å². The van der Waals surface area contributed by atoms with Crippen LogP contribution in [0.1, 0.15) is 19.8 Å². The lowest BCUT2D eigenvalue weighted by Gasteiger charge is -2.34. The number of carbonyl (C=O) groups excluding carboxylic acids is 1. The first-order valence-electron chi connectivity index (χ1n) is 7.13. The van der Waals surface area contributed by atoms with Gasteiger partial charge in [-0.05, 0) is 31.9 Å². The fourth-order valence-corrected chi connectivity index (χ4v) is 2.42. The van der Waals surface area contributed by atoms with Crippen LogP contribution >= 0.6 is 0 Å². The highest BCUT2D eigenvalue weighted by molar-refractivity contribution is 5.96. The predicted octanol–water partition coefficient (Wildman–Crippen LogP) is 1.92. The first-order valence-corrected chi connectivity index (χ1v) is 7.13. The van der Waals surface area contributed by atoms with E-state index in [-0.39, 0.29) is 12.5 Å². The molecule has 1 amide bonds. The third-order valence-corrected chi connectivity index (χ3v) is 3.81. The van der Waals surface area contributed by atoms with Gasteiger partial charge in [-0.1, -0.05) is 0 Å². The van der Waals surface area contributed by atoms with Crippen molar-refractivity contribution in [3.63, 3.8) is 0 Å². The average molecular weight is 296 g/mol. The van der Waals surface area contributed by atoms with E-state index in [2.05, 4.69) is 5.32 Å². The van der Waals surface area contributed by atoms with Crippen molar-refractivity contribution in [1.29, 1.82) is 0 Å². The maximum absolute atomic E-state index is 13.3. The van der Waals surface area contributed by atoms with Crippen molar-refractivity contribution in [3.05, 3.63) is 24.0 Å². The van der Waals surface area contributed by atoms with Crippen molar-refractivity contribution in [2.75, 3.05) is 31.7 Å². The van der Waals surface area contributed by atoms with E-state index >= 15 is 0 Å².